The van der Waals surface area contributed by atoms with E-state index in [0.717, 1.165) is 0 Å². The third-order valence-corrected chi connectivity index (χ3v) is 4.41. The quantitative estimate of drug-likeness (QED) is 0.816. The first-order valence-corrected chi connectivity index (χ1v) is 8.11. The molecule has 2 aromatic rings. The van der Waals surface area contributed by atoms with Crippen molar-refractivity contribution < 1.29 is 17.9 Å². The predicted octanol–water partition coefficient (Wildman–Crippen LogP) is 2.66. The average Bonchev–Trinajstić information content (AvgIpc) is 2.46. The maximum absolute atomic E-state index is 12.3. The molecule has 0 saturated carbocycles. The van der Waals surface area contributed by atoms with Gasteiger partial charge >= 0.3 is 0 Å². The first-order chi connectivity index (χ1) is 9.96. The molecule has 1 heterocycles. The monoisotopic (exact) mass is 372 g/mol. The number of nitrogens with one attached hydrogen (secondary N) is 1. The highest BCUT2D eigenvalue weighted by Crippen LogP contribution is 2.30. The van der Waals surface area contributed by atoms with Gasteiger partial charge in [0, 0.05) is 6.07 Å². The number of hydrogen-bond acceptors (Lipinski definition) is 5. The van der Waals surface area contributed by atoms with Crippen LogP contribution in [0.5, 0.6) is 11.5 Å². The van der Waals surface area contributed by atoms with Gasteiger partial charge in [0.2, 0.25) is 0 Å². The fourth-order valence-corrected chi connectivity index (χ4v) is 3.01. The molecule has 1 aromatic heterocycles. The molecule has 2 rings (SSSR count). The zero-order chi connectivity index (χ0) is 15.5. The Balaban J connectivity index is 2.35. The van der Waals surface area contributed by atoms with Gasteiger partial charge in [-0.15, -0.1) is 0 Å². The van der Waals surface area contributed by atoms with E-state index in [9.17, 15) is 8.42 Å². The number of anilines is 1. The number of pyridine rings is 1. The smallest absolute Gasteiger partial charge is 0.263 e. The number of ether oxygens (including phenoxy) is 2. The van der Waals surface area contributed by atoms with Gasteiger partial charge in [0.1, 0.15) is 10.4 Å². The highest BCUT2D eigenvalue weighted by atomic mass is 79.9. The van der Waals surface area contributed by atoms with Crippen molar-refractivity contribution in [2.45, 2.75) is 4.90 Å². The topological polar surface area (TPSA) is 77.5 Å². The fraction of sp³-hybridized carbons (Fsp3) is 0.154. The van der Waals surface area contributed by atoms with Crippen molar-refractivity contribution in [3.8, 4) is 11.5 Å². The van der Waals surface area contributed by atoms with E-state index in [1.54, 1.807) is 18.2 Å². The molecular formula is C13H13BrN2O4S. The van der Waals surface area contributed by atoms with Crippen LogP contribution in [0.4, 0.5) is 5.82 Å². The summed E-state index contributed by atoms with van der Waals surface area (Å²) in [7, 11) is -0.833. The largest absolute Gasteiger partial charge is 0.493 e. The van der Waals surface area contributed by atoms with E-state index in [1.807, 2.05) is 0 Å². The molecule has 8 heteroatoms. The van der Waals surface area contributed by atoms with Crippen molar-refractivity contribution in [2.75, 3.05) is 18.9 Å². The summed E-state index contributed by atoms with van der Waals surface area (Å²) in [5, 5.41) is 0. The lowest BCUT2D eigenvalue weighted by Gasteiger charge is -2.11. The van der Waals surface area contributed by atoms with Gasteiger partial charge in [-0.25, -0.2) is 13.4 Å². The maximum atomic E-state index is 12.3. The number of methoxy groups -OCH3 is 2. The molecule has 0 aliphatic heterocycles. The van der Waals surface area contributed by atoms with Gasteiger partial charge in [0.25, 0.3) is 10.0 Å². The molecule has 0 aliphatic rings. The number of nitrogens with zero attached hydrogens (tertiary/aromatic N) is 1. The van der Waals surface area contributed by atoms with Crippen molar-refractivity contribution in [3.05, 3.63) is 41.0 Å². The van der Waals surface area contributed by atoms with Crippen LogP contribution in [0.15, 0.2) is 45.9 Å². The Bertz CT molecular complexity index is 750. The number of aromatic nitrogens is 1. The van der Waals surface area contributed by atoms with E-state index in [-0.39, 0.29) is 10.7 Å². The third kappa shape index (κ3) is 3.64. The van der Waals surface area contributed by atoms with Gasteiger partial charge in [-0.3, -0.25) is 4.72 Å². The fourth-order valence-electron chi connectivity index (χ4n) is 1.65. The van der Waals surface area contributed by atoms with Gasteiger partial charge in [-0.05, 0) is 40.2 Å². The normalized spacial score (nSPS) is 11.0. The number of hydrogen-bond donors (Lipinski definition) is 1. The highest BCUT2D eigenvalue weighted by molar-refractivity contribution is 9.10. The Kier molecular flexibility index (Phi) is 4.69. The van der Waals surface area contributed by atoms with Crippen molar-refractivity contribution in [1.29, 1.82) is 0 Å². The van der Waals surface area contributed by atoms with Crippen LogP contribution < -0.4 is 14.2 Å². The van der Waals surface area contributed by atoms with Crippen LogP contribution in [-0.4, -0.2) is 27.6 Å². The molecule has 0 amide bonds. The van der Waals surface area contributed by atoms with Crippen LogP contribution in [-0.2, 0) is 10.0 Å². The minimum atomic E-state index is -3.76. The summed E-state index contributed by atoms with van der Waals surface area (Å²) in [6.07, 6.45) is 0. The molecule has 0 spiro atoms. The van der Waals surface area contributed by atoms with Crippen molar-refractivity contribution in [3.63, 3.8) is 0 Å². The second kappa shape index (κ2) is 6.31. The summed E-state index contributed by atoms with van der Waals surface area (Å²) < 4.78 is 37.8. The standard InChI is InChI=1S/C13H13BrN2O4S/c1-19-10-7-6-9(8-11(10)20-2)21(17,18)16-13-5-3-4-12(14)15-13/h3-8H,1-2H3,(H,15,16). The second-order valence-electron chi connectivity index (χ2n) is 3.97. The highest BCUT2D eigenvalue weighted by Gasteiger charge is 2.17. The van der Waals surface area contributed by atoms with E-state index in [0.29, 0.717) is 16.1 Å². The van der Waals surface area contributed by atoms with Gasteiger partial charge in [-0.1, -0.05) is 6.07 Å². The Labute approximate surface area is 131 Å². The molecule has 0 unspecified atom stereocenters. The molecule has 6 nitrogen and oxygen atoms in total. The average molecular weight is 373 g/mol. The molecule has 21 heavy (non-hydrogen) atoms. The molecule has 0 bridgehead atoms. The third-order valence-electron chi connectivity index (χ3n) is 2.62. The predicted molar refractivity (Wildman–Crippen MR) is 82.3 cm³/mol. The summed E-state index contributed by atoms with van der Waals surface area (Å²) in [4.78, 5) is 4.09. The van der Waals surface area contributed by atoms with Crippen LogP contribution in [0.2, 0.25) is 0 Å². The van der Waals surface area contributed by atoms with Gasteiger partial charge < -0.3 is 9.47 Å². The van der Waals surface area contributed by atoms with E-state index in [1.165, 1.54) is 32.4 Å². The zero-order valence-corrected chi connectivity index (χ0v) is 13.7. The van der Waals surface area contributed by atoms with E-state index in [4.69, 9.17) is 9.47 Å². The molecule has 0 atom stereocenters. The first kappa shape index (κ1) is 15.6. The molecule has 1 aromatic carbocycles. The molecule has 0 saturated heterocycles. The molecule has 0 fully saturated rings. The van der Waals surface area contributed by atoms with E-state index < -0.39 is 10.0 Å². The zero-order valence-electron chi connectivity index (χ0n) is 11.3. The molecule has 1 N–H and O–H groups in total. The second-order valence-corrected chi connectivity index (χ2v) is 6.46. The Morgan fingerprint density at radius 1 is 1.10 bits per heavy atom. The lowest BCUT2D eigenvalue weighted by atomic mass is 10.3. The summed E-state index contributed by atoms with van der Waals surface area (Å²) in [6, 6.07) is 9.30. The van der Waals surface area contributed by atoms with Crippen LogP contribution in [0.25, 0.3) is 0 Å². The maximum Gasteiger partial charge on any atom is 0.263 e. The number of halogens is 1. The number of rotatable bonds is 5. The Morgan fingerprint density at radius 2 is 1.81 bits per heavy atom. The van der Waals surface area contributed by atoms with Gasteiger partial charge in [0.15, 0.2) is 11.5 Å². The molecule has 112 valence electrons. The lowest BCUT2D eigenvalue weighted by molar-refractivity contribution is 0.354. The van der Waals surface area contributed by atoms with Crippen molar-refractivity contribution in [2.24, 2.45) is 0 Å². The van der Waals surface area contributed by atoms with Crippen LogP contribution >= 0.6 is 15.9 Å². The van der Waals surface area contributed by atoms with Gasteiger partial charge in [0.05, 0.1) is 19.1 Å². The van der Waals surface area contributed by atoms with Crippen LogP contribution in [0, 0.1) is 0 Å². The first-order valence-electron chi connectivity index (χ1n) is 5.83. The van der Waals surface area contributed by atoms with Crippen molar-refractivity contribution in [1.82, 2.24) is 4.98 Å². The number of sulfonamides is 1. The van der Waals surface area contributed by atoms with Gasteiger partial charge in [-0.2, -0.15) is 0 Å². The lowest BCUT2D eigenvalue weighted by Crippen LogP contribution is -2.14. The number of benzene rings is 1. The summed E-state index contributed by atoms with van der Waals surface area (Å²) in [6.45, 7) is 0. The van der Waals surface area contributed by atoms with Crippen LogP contribution in [0.3, 0.4) is 0 Å². The summed E-state index contributed by atoms with van der Waals surface area (Å²) >= 11 is 3.19. The molecule has 0 aliphatic carbocycles. The summed E-state index contributed by atoms with van der Waals surface area (Å²) in [5.41, 5.74) is 0. The van der Waals surface area contributed by atoms with E-state index >= 15 is 0 Å². The van der Waals surface area contributed by atoms with E-state index in [2.05, 4.69) is 25.6 Å². The minimum Gasteiger partial charge on any atom is -0.493 e. The minimum absolute atomic E-state index is 0.0573. The Morgan fingerprint density at radius 3 is 2.43 bits per heavy atom. The SMILES string of the molecule is COc1ccc(S(=O)(=O)Nc2cccc(Br)n2)cc1OC. The Hall–Kier alpha value is -1.80. The molecular weight excluding hydrogens is 360 g/mol. The van der Waals surface area contributed by atoms with Crippen LogP contribution in [0.1, 0.15) is 0 Å². The van der Waals surface area contributed by atoms with Crippen molar-refractivity contribution >= 4 is 31.8 Å². The molecule has 0 radical (unpaired) electrons. The summed E-state index contributed by atoms with van der Waals surface area (Å²) in [5.74, 6) is 1.01.